The molecule has 0 radical (unpaired) electrons. The second-order valence-electron chi connectivity index (χ2n) is 4.13. The van der Waals surface area contributed by atoms with Crippen LogP contribution in [0.1, 0.15) is 23.7 Å². The molecule has 1 heterocycles. The van der Waals surface area contributed by atoms with Crippen molar-refractivity contribution in [2.45, 2.75) is 19.4 Å². The van der Waals surface area contributed by atoms with E-state index in [9.17, 15) is 9.59 Å². The Balaban J connectivity index is 2.16. The summed E-state index contributed by atoms with van der Waals surface area (Å²) in [5, 5.41) is 0. The van der Waals surface area contributed by atoms with E-state index in [1.54, 1.807) is 38.3 Å². The Labute approximate surface area is 99.5 Å². The Morgan fingerprint density at radius 2 is 2.00 bits per heavy atom. The summed E-state index contributed by atoms with van der Waals surface area (Å²) in [5.41, 5.74) is 0.516. The van der Waals surface area contributed by atoms with Gasteiger partial charge >= 0.3 is 5.97 Å². The molecule has 1 aliphatic rings. The number of cyclic esters (lactones) is 1. The van der Waals surface area contributed by atoms with Crippen molar-refractivity contribution in [3.05, 3.63) is 29.8 Å². The number of esters is 1. The first-order chi connectivity index (χ1) is 8.11. The van der Waals surface area contributed by atoms with E-state index < -0.39 is 11.9 Å². The van der Waals surface area contributed by atoms with Crippen molar-refractivity contribution >= 4 is 11.8 Å². The number of carbonyl (C=O) groups excluding carboxylic acids is 2. The average molecular weight is 234 g/mol. The Morgan fingerprint density at radius 1 is 1.35 bits per heavy atom. The van der Waals surface area contributed by atoms with Crippen molar-refractivity contribution in [1.29, 1.82) is 0 Å². The summed E-state index contributed by atoms with van der Waals surface area (Å²) in [5.74, 6) is -0.567. The molecule has 4 heteroatoms. The van der Waals surface area contributed by atoms with Crippen LogP contribution in [0.5, 0.6) is 5.75 Å². The molecule has 0 N–H and O–H groups in total. The molecule has 0 amide bonds. The second kappa shape index (κ2) is 4.57. The SMILES string of the molecule is COc1ccc(C(=O)C2CC(C)OC2=O)cc1. The molecule has 1 fully saturated rings. The van der Waals surface area contributed by atoms with Gasteiger partial charge in [0.15, 0.2) is 5.78 Å². The first-order valence-corrected chi connectivity index (χ1v) is 5.50. The number of hydrogen-bond donors (Lipinski definition) is 0. The lowest BCUT2D eigenvalue weighted by Gasteiger charge is -2.05. The van der Waals surface area contributed by atoms with E-state index in [1.807, 2.05) is 0 Å². The van der Waals surface area contributed by atoms with E-state index >= 15 is 0 Å². The van der Waals surface area contributed by atoms with E-state index in [0.717, 1.165) is 0 Å². The van der Waals surface area contributed by atoms with Crippen LogP contribution in [-0.4, -0.2) is 25.0 Å². The van der Waals surface area contributed by atoms with Gasteiger partial charge in [0.25, 0.3) is 0 Å². The van der Waals surface area contributed by atoms with Gasteiger partial charge in [0, 0.05) is 12.0 Å². The topological polar surface area (TPSA) is 52.6 Å². The van der Waals surface area contributed by atoms with Crippen LogP contribution in [0, 0.1) is 5.92 Å². The summed E-state index contributed by atoms with van der Waals surface area (Å²) in [6.07, 6.45) is 0.290. The molecule has 1 aromatic carbocycles. The lowest BCUT2D eigenvalue weighted by atomic mass is 9.95. The van der Waals surface area contributed by atoms with E-state index in [2.05, 4.69) is 0 Å². The molecule has 0 bridgehead atoms. The molecular formula is C13H14O4. The van der Waals surface area contributed by atoms with Gasteiger partial charge in [-0.2, -0.15) is 0 Å². The molecule has 1 aromatic rings. The molecule has 17 heavy (non-hydrogen) atoms. The Bertz CT molecular complexity index is 435. The van der Waals surface area contributed by atoms with Gasteiger partial charge in [-0.1, -0.05) is 0 Å². The maximum absolute atomic E-state index is 12.1. The molecule has 2 unspecified atom stereocenters. The molecule has 4 nitrogen and oxygen atoms in total. The number of hydrogen-bond acceptors (Lipinski definition) is 4. The summed E-state index contributed by atoms with van der Waals surface area (Å²) >= 11 is 0. The number of carbonyl (C=O) groups is 2. The highest BCUT2D eigenvalue weighted by Crippen LogP contribution is 2.25. The van der Waals surface area contributed by atoms with Gasteiger partial charge in [0.2, 0.25) is 0 Å². The zero-order valence-corrected chi connectivity index (χ0v) is 9.80. The molecule has 1 saturated heterocycles. The van der Waals surface area contributed by atoms with E-state index in [-0.39, 0.29) is 11.9 Å². The van der Waals surface area contributed by atoms with Crippen molar-refractivity contribution < 1.29 is 19.1 Å². The summed E-state index contributed by atoms with van der Waals surface area (Å²) < 4.78 is 9.99. The van der Waals surface area contributed by atoms with Crippen molar-refractivity contribution in [2.75, 3.05) is 7.11 Å². The number of Topliss-reactive ketones (excluding diaryl/α,β-unsaturated/α-hetero) is 1. The van der Waals surface area contributed by atoms with Crippen LogP contribution in [-0.2, 0) is 9.53 Å². The monoisotopic (exact) mass is 234 g/mol. The van der Waals surface area contributed by atoms with Crippen LogP contribution < -0.4 is 4.74 Å². The average Bonchev–Trinajstić information content (AvgIpc) is 2.68. The lowest BCUT2D eigenvalue weighted by molar-refractivity contribution is -0.142. The molecule has 90 valence electrons. The Kier molecular flexibility index (Phi) is 3.13. The highest BCUT2D eigenvalue weighted by atomic mass is 16.5. The number of ketones is 1. The molecule has 0 aromatic heterocycles. The molecule has 0 saturated carbocycles. The van der Waals surface area contributed by atoms with Crippen molar-refractivity contribution in [3.63, 3.8) is 0 Å². The molecule has 1 aliphatic heterocycles. The first-order valence-electron chi connectivity index (χ1n) is 5.50. The standard InChI is InChI=1S/C13H14O4/c1-8-7-11(13(15)17-8)12(14)9-3-5-10(16-2)6-4-9/h3-6,8,11H,7H2,1-2H3. The van der Waals surface area contributed by atoms with Crippen molar-refractivity contribution in [3.8, 4) is 5.75 Å². The van der Waals surface area contributed by atoms with Crippen LogP contribution in [0.25, 0.3) is 0 Å². The predicted octanol–water partition coefficient (Wildman–Crippen LogP) is 1.83. The van der Waals surface area contributed by atoms with Gasteiger partial charge < -0.3 is 9.47 Å². The third-order valence-electron chi connectivity index (χ3n) is 2.86. The highest BCUT2D eigenvalue weighted by molar-refractivity contribution is 6.09. The van der Waals surface area contributed by atoms with Gasteiger partial charge in [0.1, 0.15) is 17.8 Å². The van der Waals surface area contributed by atoms with Gasteiger partial charge in [-0.05, 0) is 31.2 Å². The van der Waals surface area contributed by atoms with Crippen LogP contribution in [0.15, 0.2) is 24.3 Å². The fraction of sp³-hybridized carbons (Fsp3) is 0.385. The quantitative estimate of drug-likeness (QED) is 0.455. The van der Waals surface area contributed by atoms with E-state index in [0.29, 0.717) is 17.7 Å². The maximum Gasteiger partial charge on any atom is 0.317 e. The normalized spacial score (nSPS) is 23.3. The molecule has 0 spiro atoms. The maximum atomic E-state index is 12.1. The summed E-state index contributed by atoms with van der Waals surface area (Å²) in [6, 6.07) is 6.74. The van der Waals surface area contributed by atoms with Gasteiger partial charge in [-0.25, -0.2) is 0 Å². The predicted molar refractivity (Wildman–Crippen MR) is 61.0 cm³/mol. The third-order valence-corrected chi connectivity index (χ3v) is 2.86. The summed E-state index contributed by atoms with van der Waals surface area (Å²) in [4.78, 5) is 23.5. The van der Waals surface area contributed by atoms with E-state index in [4.69, 9.17) is 9.47 Å². The second-order valence-corrected chi connectivity index (χ2v) is 4.13. The van der Waals surface area contributed by atoms with Crippen LogP contribution >= 0.6 is 0 Å². The molecular weight excluding hydrogens is 220 g/mol. The number of ether oxygens (including phenoxy) is 2. The lowest BCUT2D eigenvalue weighted by Crippen LogP contribution is -2.19. The van der Waals surface area contributed by atoms with Crippen LogP contribution in [0.3, 0.4) is 0 Å². The van der Waals surface area contributed by atoms with Gasteiger partial charge in [0.05, 0.1) is 7.11 Å². The minimum Gasteiger partial charge on any atom is -0.497 e. The third kappa shape index (κ3) is 2.30. The zero-order valence-electron chi connectivity index (χ0n) is 9.80. The minimum atomic E-state index is -0.654. The van der Waals surface area contributed by atoms with Crippen LogP contribution in [0.2, 0.25) is 0 Å². The van der Waals surface area contributed by atoms with Crippen LogP contribution in [0.4, 0.5) is 0 Å². The summed E-state index contributed by atoms with van der Waals surface area (Å²) in [6.45, 7) is 1.79. The van der Waals surface area contributed by atoms with E-state index in [1.165, 1.54) is 0 Å². The molecule has 2 rings (SSSR count). The largest absolute Gasteiger partial charge is 0.497 e. The zero-order chi connectivity index (χ0) is 12.4. The molecule has 2 atom stereocenters. The van der Waals surface area contributed by atoms with Crippen molar-refractivity contribution in [1.82, 2.24) is 0 Å². The Morgan fingerprint density at radius 3 is 2.47 bits per heavy atom. The Hall–Kier alpha value is -1.84. The fourth-order valence-electron chi connectivity index (χ4n) is 1.93. The molecule has 0 aliphatic carbocycles. The number of methoxy groups -OCH3 is 1. The first kappa shape index (κ1) is 11.6. The minimum absolute atomic E-state index is 0.172. The van der Waals surface area contributed by atoms with Gasteiger partial charge in [-0.15, -0.1) is 0 Å². The highest BCUT2D eigenvalue weighted by Gasteiger charge is 2.37. The number of rotatable bonds is 3. The van der Waals surface area contributed by atoms with Gasteiger partial charge in [-0.3, -0.25) is 9.59 Å². The smallest absolute Gasteiger partial charge is 0.317 e. The number of benzene rings is 1. The van der Waals surface area contributed by atoms with Crippen molar-refractivity contribution in [2.24, 2.45) is 5.92 Å². The fourth-order valence-corrected chi connectivity index (χ4v) is 1.93. The summed E-state index contributed by atoms with van der Waals surface area (Å²) in [7, 11) is 1.56.